The van der Waals surface area contributed by atoms with Gasteiger partial charge in [-0.3, -0.25) is 4.79 Å². The number of benzene rings is 2. The Kier molecular flexibility index (Phi) is 6.02. The lowest BCUT2D eigenvalue weighted by atomic mass is 10.1. The first-order valence-electron chi connectivity index (χ1n) is 8.76. The minimum atomic E-state index is 0.0683. The molecule has 2 aromatic carbocycles. The van der Waals surface area contributed by atoms with Crippen LogP contribution in [0.25, 0.3) is 6.08 Å². The Morgan fingerprint density at radius 3 is 2.27 bits per heavy atom. The Labute approximate surface area is 160 Å². The van der Waals surface area contributed by atoms with Gasteiger partial charge in [-0.1, -0.05) is 30.3 Å². The molecular formula is C21H23N3OS. The number of Topliss-reactive ketones (excluding diaryl/α,β-unsaturated/α-hetero) is 1. The van der Waals surface area contributed by atoms with E-state index in [0.717, 1.165) is 37.0 Å². The van der Waals surface area contributed by atoms with E-state index in [1.165, 1.54) is 5.56 Å². The number of rotatable bonds is 4. The number of hydrogen-bond donors (Lipinski definition) is 1. The zero-order valence-electron chi connectivity index (χ0n) is 14.9. The van der Waals surface area contributed by atoms with Crippen LogP contribution in [0, 0.1) is 0 Å². The molecule has 134 valence electrons. The number of ketones is 1. The zero-order valence-corrected chi connectivity index (χ0v) is 15.7. The molecule has 26 heavy (non-hydrogen) atoms. The second-order valence-electron chi connectivity index (χ2n) is 6.31. The predicted octanol–water partition coefficient (Wildman–Crippen LogP) is 3.87. The normalized spacial score (nSPS) is 14.5. The highest BCUT2D eigenvalue weighted by molar-refractivity contribution is 7.80. The molecule has 0 spiro atoms. The summed E-state index contributed by atoms with van der Waals surface area (Å²) in [6.07, 6.45) is 4.30. The largest absolute Gasteiger partial charge is 0.374 e. The van der Waals surface area contributed by atoms with Crippen LogP contribution in [0.3, 0.4) is 0 Å². The van der Waals surface area contributed by atoms with E-state index in [1.54, 1.807) is 6.92 Å². The number of nitrogens with one attached hydrogen (secondary N) is 1. The van der Waals surface area contributed by atoms with Gasteiger partial charge >= 0.3 is 0 Å². The van der Waals surface area contributed by atoms with Gasteiger partial charge in [-0.2, -0.15) is 0 Å². The summed E-state index contributed by atoms with van der Waals surface area (Å²) in [5.74, 6) is 0.0683. The lowest BCUT2D eigenvalue weighted by molar-refractivity contribution is 0.101. The Morgan fingerprint density at radius 1 is 1.00 bits per heavy atom. The van der Waals surface area contributed by atoms with Gasteiger partial charge in [0, 0.05) is 37.4 Å². The molecule has 5 heteroatoms. The fourth-order valence-corrected chi connectivity index (χ4v) is 3.12. The van der Waals surface area contributed by atoms with Crippen LogP contribution in [0.2, 0.25) is 0 Å². The van der Waals surface area contributed by atoms with Crippen molar-refractivity contribution in [1.82, 2.24) is 9.80 Å². The Hall–Kier alpha value is -2.66. The zero-order chi connectivity index (χ0) is 18.4. The van der Waals surface area contributed by atoms with Crippen LogP contribution in [-0.4, -0.2) is 46.9 Å². The topological polar surface area (TPSA) is 35.6 Å². The molecule has 1 aliphatic heterocycles. The minimum Gasteiger partial charge on any atom is -0.374 e. The van der Waals surface area contributed by atoms with Crippen molar-refractivity contribution in [1.29, 1.82) is 0 Å². The monoisotopic (exact) mass is 365 g/mol. The molecule has 1 heterocycles. The van der Waals surface area contributed by atoms with Crippen molar-refractivity contribution in [2.45, 2.75) is 6.92 Å². The van der Waals surface area contributed by atoms with Gasteiger partial charge in [0.25, 0.3) is 0 Å². The van der Waals surface area contributed by atoms with E-state index in [9.17, 15) is 4.79 Å². The van der Waals surface area contributed by atoms with E-state index in [0.29, 0.717) is 5.56 Å². The van der Waals surface area contributed by atoms with Crippen molar-refractivity contribution >= 4 is 34.9 Å². The summed E-state index contributed by atoms with van der Waals surface area (Å²) in [5.41, 5.74) is 2.83. The van der Waals surface area contributed by atoms with Gasteiger partial charge < -0.3 is 15.1 Å². The first-order valence-corrected chi connectivity index (χ1v) is 9.17. The van der Waals surface area contributed by atoms with Crippen LogP contribution < -0.4 is 5.32 Å². The van der Waals surface area contributed by atoms with E-state index in [-0.39, 0.29) is 5.78 Å². The highest BCUT2D eigenvalue weighted by Gasteiger charge is 2.17. The Bertz CT molecular complexity index is 779. The second kappa shape index (κ2) is 8.63. The van der Waals surface area contributed by atoms with Crippen LogP contribution in [0.1, 0.15) is 22.8 Å². The molecule has 4 nitrogen and oxygen atoms in total. The van der Waals surface area contributed by atoms with Crippen LogP contribution >= 0.6 is 12.2 Å². The first kappa shape index (κ1) is 18.1. The average molecular weight is 366 g/mol. The van der Waals surface area contributed by atoms with Gasteiger partial charge in [0.15, 0.2) is 10.9 Å². The second-order valence-corrected chi connectivity index (χ2v) is 6.70. The number of carbonyl (C=O) groups excluding carboxylic acids is 1. The lowest BCUT2D eigenvalue weighted by Gasteiger charge is -2.35. The minimum absolute atomic E-state index is 0.0683. The van der Waals surface area contributed by atoms with Crippen LogP contribution in [-0.2, 0) is 0 Å². The quantitative estimate of drug-likeness (QED) is 0.657. The molecule has 0 aromatic heterocycles. The summed E-state index contributed by atoms with van der Waals surface area (Å²) in [7, 11) is 0. The van der Waals surface area contributed by atoms with Crippen molar-refractivity contribution in [3.63, 3.8) is 0 Å². The average Bonchev–Trinajstić information content (AvgIpc) is 2.68. The van der Waals surface area contributed by atoms with Gasteiger partial charge in [0.2, 0.25) is 0 Å². The molecule has 1 N–H and O–H groups in total. The summed E-state index contributed by atoms with van der Waals surface area (Å²) < 4.78 is 0. The third-order valence-corrected chi connectivity index (χ3v) is 4.78. The van der Waals surface area contributed by atoms with E-state index in [2.05, 4.69) is 39.5 Å². The maximum atomic E-state index is 11.3. The van der Waals surface area contributed by atoms with E-state index in [4.69, 9.17) is 12.2 Å². The fraction of sp³-hybridized carbons (Fsp3) is 0.238. The molecule has 1 saturated heterocycles. The third kappa shape index (κ3) is 4.92. The van der Waals surface area contributed by atoms with E-state index >= 15 is 0 Å². The first-order chi connectivity index (χ1) is 12.6. The molecule has 0 radical (unpaired) electrons. The highest BCUT2D eigenvalue weighted by Crippen LogP contribution is 2.12. The van der Waals surface area contributed by atoms with Crippen LogP contribution in [0.5, 0.6) is 0 Å². The van der Waals surface area contributed by atoms with Crippen molar-refractivity contribution in [2.24, 2.45) is 0 Å². The summed E-state index contributed by atoms with van der Waals surface area (Å²) in [6, 6.07) is 17.7. The Balaban J connectivity index is 1.49. The summed E-state index contributed by atoms with van der Waals surface area (Å²) in [6.45, 7) is 5.22. The molecule has 0 saturated carbocycles. The summed E-state index contributed by atoms with van der Waals surface area (Å²) in [5, 5.41) is 3.99. The van der Waals surface area contributed by atoms with Gasteiger partial charge in [0.1, 0.15) is 0 Å². The highest BCUT2D eigenvalue weighted by atomic mass is 32.1. The van der Waals surface area contributed by atoms with Crippen LogP contribution in [0.15, 0.2) is 60.8 Å². The van der Waals surface area contributed by atoms with Crippen LogP contribution in [0.4, 0.5) is 5.69 Å². The summed E-state index contributed by atoms with van der Waals surface area (Å²) >= 11 is 5.53. The molecular weight excluding hydrogens is 342 g/mol. The molecule has 0 aliphatic carbocycles. The molecule has 1 aliphatic rings. The maximum Gasteiger partial charge on any atom is 0.173 e. The molecule has 0 unspecified atom stereocenters. The predicted molar refractivity (Wildman–Crippen MR) is 111 cm³/mol. The van der Waals surface area contributed by atoms with Crippen molar-refractivity contribution < 1.29 is 4.79 Å². The Morgan fingerprint density at radius 2 is 1.65 bits per heavy atom. The van der Waals surface area contributed by atoms with Gasteiger partial charge in [0.05, 0.1) is 0 Å². The third-order valence-electron chi connectivity index (χ3n) is 4.42. The summed E-state index contributed by atoms with van der Waals surface area (Å²) in [4.78, 5) is 15.8. The number of nitrogens with zero attached hydrogens (tertiary/aromatic N) is 2. The number of thiocarbonyl (C=S) groups is 1. The maximum absolute atomic E-state index is 11.3. The number of hydrogen-bond acceptors (Lipinski definition) is 3. The standard InChI is InChI=1S/C21H23N3OS/c1-17(25)19-7-9-20(10-8-19)22-21(26)24-15-13-23(14-16-24)12-11-18-5-3-2-4-6-18/h2-12H,13-16H2,1H3,(H,22,26)/b12-11+. The van der Waals surface area contributed by atoms with E-state index in [1.807, 2.05) is 42.5 Å². The van der Waals surface area contributed by atoms with Gasteiger partial charge in [-0.05, 0) is 61.2 Å². The fourth-order valence-electron chi connectivity index (χ4n) is 2.82. The van der Waals surface area contributed by atoms with Crippen molar-refractivity contribution in [2.75, 3.05) is 31.5 Å². The van der Waals surface area contributed by atoms with Gasteiger partial charge in [-0.15, -0.1) is 0 Å². The molecule has 2 aromatic rings. The number of carbonyl (C=O) groups is 1. The smallest absolute Gasteiger partial charge is 0.173 e. The van der Waals surface area contributed by atoms with Crippen molar-refractivity contribution in [3.05, 3.63) is 71.9 Å². The molecule has 0 atom stereocenters. The van der Waals surface area contributed by atoms with Crippen molar-refractivity contribution in [3.8, 4) is 0 Å². The van der Waals surface area contributed by atoms with E-state index < -0.39 is 0 Å². The number of anilines is 1. The molecule has 0 amide bonds. The SMILES string of the molecule is CC(=O)c1ccc(NC(=S)N2CCN(/C=C/c3ccccc3)CC2)cc1. The lowest BCUT2D eigenvalue weighted by Crippen LogP contribution is -2.48. The van der Waals surface area contributed by atoms with Gasteiger partial charge in [-0.25, -0.2) is 0 Å². The molecule has 0 bridgehead atoms. The molecule has 1 fully saturated rings. The number of piperazine rings is 1. The molecule has 3 rings (SSSR count).